The molecule has 13 heavy (non-hydrogen) atoms. The standard InChI is InChI=1S/C8H8FNO3/c1-13-8(12)3-5-2-7(11)6(9)4-10-5/h2,4H,3H2,1H3,(H,10,11). The molecule has 0 aliphatic rings. The van der Waals surface area contributed by atoms with Gasteiger partial charge in [-0.15, -0.1) is 0 Å². The van der Waals surface area contributed by atoms with E-state index in [1.807, 2.05) is 0 Å². The van der Waals surface area contributed by atoms with E-state index in [0.29, 0.717) is 5.69 Å². The van der Waals surface area contributed by atoms with Gasteiger partial charge in [-0.25, -0.2) is 4.39 Å². The summed E-state index contributed by atoms with van der Waals surface area (Å²) in [7, 11) is 1.24. The van der Waals surface area contributed by atoms with Gasteiger partial charge in [0.1, 0.15) is 0 Å². The molecular formula is C8H8FNO3. The molecule has 1 heterocycles. The Morgan fingerprint density at radius 3 is 2.92 bits per heavy atom. The first kappa shape index (κ1) is 9.44. The number of H-pyrrole nitrogens is 1. The summed E-state index contributed by atoms with van der Waals surface area (Å²) in [6, 6.07) is 1.03. The molecule has 1 N–H and O–H groups in total. The van der Waals surface area contributed by atoms with Crippen molar-refractivity contribution in [2.75, 3.05) is 7.11 Å². The molecule has 0 bridgehead atoms. The number of pyridine rings is 1. The number of carbonyl (C=O) groups is 1. The summed E-state index contributed by atoms with van der Waals surface area (Å²) in [5.74, 6) is -1.35. The third-order valence-electron chi connectivity index (χ3n) is 1.49. The quantitative estimate of drug-likeness (QED) is 0.671. The minimum Gasteiger partial charge on any atom is -0.469 e. The number of ether oxygens (including phenoxy) is 1. The van der Waals surface area contributed by atoms with Crippen molar-refractivity contribution in [3.8, 4) is 0 Å². The van der Waals surface area contributed by atoms with Crippen LogP contribution in [0.4, 0.5) is 4.39 Å². The molecule has 70 valence electrons. The zero-order chi connectivity index (χ0) is 9.84. The van der Waals surface area contributed by atoms with Crippen LogP contribution in [0.15, 0.2) is 17.1 Å². The van der Waals surface area contributed by atoms with Gasteiger partial charge < -0.3 is 9.72 Å². The Labute approximate surface area is 73.3 Å². The summed E-state index contributed by atoms with van der Waals surface area (Å²) in [5, 5.41) is 0. The highest BCUT2D eigenvalue weighted by atomic mass is 19.1. The number of hydrogen-bond acceptors (Lipinski definition) is 3. The molecule has 0 atom stereocenters. The molecule has 0 saturated heterocycles. The van der Waals surface area contributed by atoms with E-state index in [-0.39, 0.29) is 6.42 Å². The van der Waals surface area contributed by atoms with Gasteiger partial charge in [-0.05, 0) is 0 Å². The van der Waals surface area contributed by atoms with E-state index in [4.69, 9.17) is 0 Å². The molecule has 0 unspecified atom stereocenters. The van der Waals surface area contributed by atoms with Gasteiger partial charge in [0.2, 0.25) is 5.43 Å². The smallest absolute Gasteiger partial charge is 0.311 e. The Balaban J connectivity index is 2.86. The maximum atomic E-state index is 12.5. The van der Waals surface area contributed by atoms with Crippen molar-refractivity contribution < 1.29 is 13.9 Å². The monoisotopic (exact) mass is 185 g/mol. The van der Waals surface area contributed by atoms with Crippen LogP contribution in [0.25, 0.3) is 0 Å². The van der Waals surface area contributed by atoms with Gasteiger partial charge in [0.25, 0.3) is 0 Å². The summed E-state index contributed by atoms with van der Waals surface area (Å²) in [6.07, 6.45) is 0.854. The highest BCUT2D eigenvalue weighted by Gasteiger charge is 2.05. The second-order valence-electron chi connectivity index (χ2n) is 2.42. The molecule has 0 aliphatic carbocycles. The van der Waals surface area contributed by atoms with Crippen LogP contribution in [0, 0.1) is 5.82 Å². The fraction of sp³-hybridized carbons (Fsp3) is 0.250. The van der Waals surface area contributed by atoms with Crippen molar-refractivity contribution >= 4 is 5.97 Å². The van der Waals surface area contributed by atoms with Crippen LogP contribution in [0.3, 0.4) is 0 Å². The van der Waals surface area contributed by atoms with Gasteiger partial charge in [0.15, 0.2) is 5.82 Å². The molecular weight excluding hydrogens is 177 g/mol. The molecule has 0 spiro atoms. The maximum Gasteiger partial charge on any atom is 0.311 e. The zero-order valence-corrected chi connectivity index (χ0v) is 6.96. The maximum absolute atomic E-state index is 12.5. The lowest BCUT2D eigenvalue weighted by Crippen LogP contribution is -2.12. The van der Waals surface area contributed by atoms with Gasteiger partial charge in [-0.2, -0.15) is 0 Å². The Hall–Kier alpha value is -1.65. The Morgan fingerprint density at radius 2 is 2.38 bits per heavy atom. The third-order valence-corrected chi connectivity index (χ3v) is 1.49. The molecule has 0 aromatic carbocycles. The number of methoxy groups -OCH3 is 1. The minimum atomic E-state index is -0.867. The van der Waals surface area contributed by atoms with Crippen LogP contribution in [-0.4, -0.2) is 18.1 Å². The van der Waals surface area contributed by atoms with Gasteiger partial charge in [0, 0.05) is 18.0 Å². The van der Waals surface area contributed by atoms with E-state index in [9.17, 15) is 14.0 Å². The number of hydrogen-bond donors (Lipinski definition) is 1. The topological polar surface area (TPSA) is 59.2 Å². The molecule has 1 aromatic rings. The van der Waals surface area contributed by atoms with E-state index in [2.05, 4.69) is 9.72 Å². The van der Waals surface area contributed by atoms with Crippen molar-refractivity contribution in [2.24, 2.45) is 0 Å². The fourth-order valence-electron chi connectivity index (χ4n) is 0.826. The number of aromatic amines is 1. The number of esters is 1. The lowest BCUT2D eigenvalue weighted by molar-refractivity contribution is -0.139. The molecule has 0 amide bonds. The predicted octanol–water partition coefficient (Wildman–Crippen LogP) is 0.229. The number of nitrogens with one attached hydrogen (secondary N) is 1. The van der Waals surface area contributed by atoms with Crippen molar-refractivity contribution in [1.82, 2.24) is 4.98 Å². The first-order valence-corrected chi connectivity index (χ1v) is 3.57. The van der Waals surface area contributed by atoms with Crippen LogP contribution >= 0.6 is 0 Å². The molecule has 0 radical (unpaired) electrons. The normalized spacial score (nSPS) is 9.69. The van der Waals surface area contributed by atoms with E-state index in [0.717, 1.165) is 12.3 Å². The van der Waals surface area contributed by atoms with Crippen molar-refractivity contribution in [2.45, 2.75) is 6.42 Å². The van der Waals surface area contributed by atoms with Crippen molar-refractivity contribution in [3.05, 3.63) is 34.0 Å². The molecule has 4 nitrogen and oxygen atoms in total. The molecule has 0 saturated carbocycles. The van der Waals surface area contributed by atoms with Crippen LogP contribution in [0.2, 0.25) is 0 Å². The van der Waals surface area contributed by atoms with E-state index < -0.39 is 17.2 Å². The largest absolute Gasteiger partial charge is 0.469 e. The van der Waals surface area contributed by atoms with Gasteiger partial charge in [-0.3, -0.25) is 9.59 Å². The molecule has 0 fully saturated rings. The summed E-state index contributed by atoms with van der Waals surface area (Å²) < 4.78 is 16.8. The third kappa shape index (κ3) is 2.40. The molecule has 0 aliphatic heterocycles. The molecule has 1 rings (SSSR count). The number of aromatic nitrogens is 1. The second kappa shape index (κ2) is 3.84. The number of carbonyl (C=O) groups excluding carboxylic acids is 1. The first-order chi connectivity index (χ1) is 6.13. The first-order valence-electron chi connectivity index (χ1n) is 3.57. The summed E-state index contributed by atoms with van der Waals surface area (Å²) >= 11 is 0. The Bertz CT molecular complexity index is 372. The lowest BCUT2D eigenvalue weighted by atomic mass is 10.3. The minimum absolute atomic E-state index is 0.0635. The Kier molecular flexibility index (Phi) is 2.79. The van der Waals surface area contributed by atoms with E-state index >= 15 is 0 Å². The van der Waals surface area contributed by atoms with Crippen molar-refractivity contribution in [3.63, 3.8) is 0 Å². The van der Waals surface area contributed by atoms with Crippen LogP contribution in [0.1, 0.15) is 5.69 Å². The molecule has 5 heteroatoms. The summed E-state index contributed by atoms with van der Waals surface area (Å²) in [4.78, 5) is 24.0. The van der Waals surface area contributed by atoms with Gasteiger partial charge in [0.05, 0.1) is 13.5 Å². The van der Waals surface area contributed by atoms with Gasteiger partial charge in [-0.1, -0.05) is 0 Å². The van der Waals surface area contributed by atoms with Crippen LogP contribution < -0.4 is 5.43 Å². The summed E-state index contributed by atoms with van der Waals surface area (Å²) in [5.41, 5.74) is -0.407. The second-order valence-corrected chi connectivity index (χ2v) is 2.42. The number of rotatable bonds is 2. The zero-order valence-electron chi connectivity index (χ0n) is 6.96. The SMILES string of the molecule is COC(=O)Cc1cc(=O)c(F)c[nH]1. The van der Waals surface area contributed by atoms with Crippen LogP contribution in [0.5, 0.6) is 0 Å². The predicted molar refractivity (Wildman–Crippen MR) is 42.7 cm³/mol. The number of halogens is 1. The Morgan fingerprint density at radius 1 is 1.69 bits per heavy atom. The van der Waals surface area contributed by atoms with E-state index in [1.165, 1.54) is 7.11 Å². The van der Waals surface area contributed by atoms with Gasteiger partial charge >= 0.3 is 5.97 Å². The van der Waals surface area contributed by atoms with E-state index in [1.54, 1.807) is 0 Å². The lowest BCUT2D eigenvalue weighted by Gasteiger charge is -1.98. The van der Waals surface area contributed by atoms with Crippen LogP contribution in [-0.2, 0) is 16.0 Å². The molecule has 1 aromatic heterocycles. The average molecular weight is 185 g/mol. The average Bonchev–Trinajstić information content (AvgIpc) is 2.11. The highest BCUT2D eigenvalue weighted by Crippen LogP contribution is 1.94. The highest BCUT2D eigenvalue weighted by molar-refractivity contribution is 5.71. The summed E-state index contributed by atoms with van der Waals surface area (Å²) in [6.45, 7) is 0. The van der Waals surface area contributed by atoms with Crippen molar-refractivity contribution in [1.29, 1.82) is 0 Å². The fourth-order valence-corrected chi connectivity index (χ4v) is 0.826.